The lowest BCUT2D eigenvalue weighted by Crippen LogP contribution is -2.01. The fourth-order valence-electron chi connectivity index (χ4n) is 2.00. The van der Waals surface area contributed by atoms with E-state index in [0.29, 0.717) is 13.2 Å². The second-order valence-corrected chi connectivity index (χ2v) is 5.54. The lowest BCUT2D eigenvalue weighted by molar-refractivity contribution is 0.337. The summed E-state index contributed by atoms with van der Waals surface area (Å²) in [5, 5.41) is 1.13. The Labute approximate surface area is 118 Å². The maximum Gasteiger partial charge on any atom is 0.122 e. The first-order valence-corrected chi connectivity index (χ1v) is 7.42. The fourth-order valence-corrected chi connectivity index (χ4v) is 3.11. The van der Waals surface area contributed by atoms with Crippen molar-refractivity contribution in [3.63, 3.8) is 0 Å². The molecule has 0 aliphatic rings. The number of nitrogens with two attached hydrogens (primary N) is 1. The molecule has 0 spiro atoms. The van der Waals surface area contributed by atoms with Crippen molar-refractivity contribution in [2.45, 2.75) is 26.7 Å². The van der Waals surface area contributed by atoms with Gasteiger partial charge in [0.1, 0.15) is 5.75 Å². The zero-order valence-electron chi connectivity index (χ0n) is 11.5. The van der Waals surface area contributed by atoms with E-state index in [1.807, 2.05) is 19.1 Å². The zero-order valence-corrected chi connectivity index (χ0v) is 12.3. The summed E-state index contributed by atoms with van der Waals surface area (Å²) in [5.74, 6) is 0.971. The molecule has 0 radical (unpaired) electrons. The first kappa shape index (κ1) is 14.0. The topological polar surface area (TPSA) is 48.1 Å². The summed E-state index contributed by atoms with van der Waals surface area (Å²) in [5.41, 5.74) is 7.91. The van der Waals surface area contributed by atoms with Crippen LogP contribution in [0.2, 0.25) is 0 Å². The normalized spacial score (nSPS) is 10.7. The summed E-state index contributed by atoms with van der Waals surface area (Å²) in [6.45, 7) is 5.42. The molecule has 4 heteroatoms. The van der Waals surface area contributed by atoms with Gasteiger partial charge in [-0.05, 0) is 32.0 Å². The minimum Gasteiger partial charge on any atom is -0.494 e. The second kappa shape index (κ2) is 6.68. The molecule has 1 heterocycles. The van der Waals surface area contributed by atoms with Crippen LogP contribution in [0.5, 0.6) is 5.75 Å². The monoisotopic (exact) mass is 276 g/mol. The number of nitrogens with zero attached hydrogens (tertiary/aromatic N) is 1. The van der Waals surface area contributed by atoms with E-state index in [9.17, 15) is 0 Å². The lowest BCUT2D eigenvalue weighted by atomic mass is 10.1. The highest BCUT2D eigenvalue weighted by Crippen LogP contribution is 2.26. The number of aromatic nitrogens is 1. The van der Waals surface area contributed by atoms with Gasteiger partial charge in [-0.2, -0.15) is 0 Å². The van der Waals surface area contributed by atoms with Crippen molar-refractivity contribution >= 4 is 11.3 Å². The molecule has 0 unspecified atom stereocenters. The number of ether oxygens (including phenoxy) is 1. The maximum atomic E-state index is 5.67. The van der Waals surface area contributed by atoms with Gasteiger partial charge < -0.3 is 10.5 Å². The Hall–Kier alpha value is -1.39. The lowest BCUT2D eigenvalue weighted by Gasteiger charge is -2.09. The molecule has 1 aromatic heterocycles. The first-order valence-electron chi connectivity index (χ1n) is 6.60. The van der Waals surface area contributed by atoms with Crippen LogP contribution in [0.1, 0.15) is 28.1 Å². The second-order valence-electron chi connectivity index (χ2n) is 4.37. The van der Waals surface area contributed by atoms with E-state index >= 15 is 0 Å². The predicted molar refractivity (Wildman–Crippen MR) is 80.0 cm³/mol. The van der Waals surface area contributed by atoms with E-state index in [1.165, 1.54) is 10.4 Å². The number of benzene rings is 1. The van der Waals surface area contributed by atoms with E-state index in [1.54, 1.807) is 11.3 Å². The van der Waals surface area contributed by atoms with Gasteiger partial charge in [-0.3, -0.25) is 0 Å². The third-order valence-electron chi connectivity index (χ3n) is 2.92. The molecular formula is C15H20N2OS. The first-order chi connectivity index (χ1) is 9.24. The zero-order chi connectivity index (χ0) is 13.7. The predicted octanol–water partition coefficient (Wildman–Crippen LogP) is 2.94. The van der Waals surface area contributed by atoms with Crippen molar-refractivity contribution in [1.82, 2.24) is 4.98 Å². The van der Waals surface area contributed by atoms with E-state index < -0.39 is 0 Å². The van der Waals surface area contributed by atoms with Crippen LogP contribution < -0.4 is 10.5 Å². The molecule has 0 atom stereocenters. The van der Waals surface area contributed by atoms with Gasteiger partial charge in [0.25, 0.3) is 0 Å². The largest absolute Gasteiger partial charge is 0.494 e. The Morgan fingerprint density at radius 1 is 1.32 bits per heavy atom. The quantitative estimate of drug-likeness (QED) is 0.882. The fraction of sp³-hybridized carbons (Fsp3) is 0.400. The molecule has 0 bridgehead atoms. The highest BCUT2D eigenvalue weighted by Gasteiger charge is 2.10. The molecule has 0 aliphatic heterocycles. The van der Waals surface area contributed by atoms with Crippen molar-refractivity contribution in [3.8, 4) is 5.75 Å². The Bertz CT molecular complexity index is 537. The smallest absolute Gasteiger partial charge is 0.122 e. The molecular weight excluding hydrogens is 256 g/mol. The molecule has 0 aliphatic carbocycles. The van der Waals surface area contributed by atoms with Crippen LogP contribution >= 0.6 is 11.3 Å². The van der Waals surface area contributed by atoms with E-state index in [-0.39, 0.29) is 0 Å². The number of aryl methyl sites for hydroxylation is 1. The average Bonchev–Trinajstić information content (AvgIpc) is 2.73. The summed E-state index contributed by atoms with van der Waals surface area (Å²) < 4.78 is 5.67. The van der Waals surface area contributed by atoms with Crippen LogP contribution in [0.15, 0.2) is 24.3 Å². The highest BCUT2D eigenvalue weighted by molar-refractivity contribution is 7.11. The minimum atomic E-state index is 0.655. The number of para-hydroxylation sites is 1. The van der Waals surface area contributed by atoms with Gasteiger partial charge in [-0.25, -0.2) is 4.98 Å². The van der Waals surface area contributed by atoms with Crippen LogP contribution in [0.3, 0.4) is 0 Å². The van der Waals surface area contributed by atoms with E-state index in [2.05, 4.69) is 24.0 Å². The molecule has 19 heavy (non-hydrogen) atoms. The molecule has 2 N–H and O–H groups in total. The molecule has 0 saturated heterocycles. The minimum absolute atomic E-state index is 0.655. The van der Waals surface area contributed by atoms with E-state index in [4.69, 9.17) is 10.5 Å². The summed E-state index contributed by atoms with van der Waals surface area (Å²) in [7, 11) is 0. The number of rotatable bonds is 6. The Balaban J connectivity index is 2.20. The van der Waals surface area contributed by atoms with Crippen molar-refractivity contribution in [2.24, 2.45) is 5.73 Å². The van der Waals surface area contributed by atoms with Gasteiger partial charge in [0.05, 0.1) is 17.3 Å². The summed E-state index contributed by atoms with van der Waals surface area (Å²) >= 11 is 1.76. The average molecular weight is 276 g/mol. The van der Waals surface area contributed by atoms with Gasteiger partial charge in [0, 0.05) is 17.7 Å². The summed E-state index contributed by atoms with van der Waals surface area (Å²) in [6.07, 6.45) is 1.74. The van der Waals surface area contributed by atoms with E-state index in [0.717, 1.165) is 29.3 Å². The van der Waals surface area contributed by atoms with Crippen molar-refractivity contribution < 1.29 is 4.74 Å². The van der Waals surface area contributed by atoms with Crippen molar-refractivity contribution in [3.05, 3.63) is 45.4 Å². The van der Waals surface area contributed by atoms with Gasteiger partial charge in [0.15, 0.2) is 0 Å². The summed E-state index contributed by atoms with van der Waals surface area (Å²) in [6, 6.07) is 8.20. The number of hydrogen-bond donors (Lipinski definition) is 1. The Morgan fingerprint density at radius 3 is 2.84 bits per heavy atom. The van der Waals surface area contributed by atoms with Gasteiger partial charge in [0.2, 0.25) is 0 Å². The highest BCUT2D eigenvalue weighted by atomic mass is 32.1. The van der Waals surface area contributed by atoms with Gasteiger partial charge in [-0.15, -0.1) is 11.3 Å². The molecule has 3 nitrogen and oxygen atoms in total. The molecule has 1 aromatic carbocycles. The van der Waals surface area contributed by atoms with Crippen LogP contribution in [0.25, 0.3) is 0 Å². The van der Waals surface area contributed by atoms with Crippen LogP contribution in [0, 0.1) is 6.92 Å². The third kappa shape index (κ3) is 3.55. The molecule has 2 aromatic rings. The van der Waals surface area contributed by atoms with Gasteiger partial charge in [-0.1, -0.05) is 18.2 Å². The number of hydrogen-bond acceptors (Lipinski definition) is 4. The van der Waals surface area contributed by atoms with Crippen molar-refractivity contribution in [1.29, 1.82) is 0 Å². The van der Waals surface area contributed by atoms with Crippen LogP contribution in [0.4, 0.5) is 0 Å². The molecule has 0 saturated carbocycles. The van der Waals surface area contributed by atoms with Crippen molar-refractivity contribution in [2.75, 3.05) is 13.2 Å². The number of thiazole rings is 1. The molecule has 102 valence electrons. The Kier molecular flexibility index (Phi) is 4.93. The summed E-state index contributed by atoms with van der Waals surface area (Å²) in [4.78, 5) is 5.87. The molecule has 0 fully saturated rings. The SMILES string of the molecule is CCOc1ccccc1Cc1sc(CCN)nc1C. The third-order valence-corrected chi connectivity index (χ3v) is 4.14. The standard InChI is InChI=1S/C15H20N2OS/c1-3-18-13-7-5-4-6-12(13)10-14-11(2)17-15(19-14)8-9-16/h4-7H,3,8-10,16H2,1-2H3. The Morgan fingerprint density at radius 2 is 2.11 bits per heavy atom. The molecule has 0 amide bonds. The molecule has 2 rings (SSSR count). The van der Waals surface area contributed by atoms with Gasteiger partial charge >= 0.3 is 0 Å². The van der Waals surface area contributed by atoms with Crippen LogP contribution in [-0.4, -0.2) is 18.1 Å². The van der Waals surface area contributed by atoms with Crippen LogP contribution in [-0.2, 0) is 12.8 Å². The maximum absolute atomic E-state index is 5.67.